The van der Waals surface area contributed by atoms with Crippen molar-refractivity contribution in [3.63, 3.8) is 0 Å². The number of rotatable bonds is 2. The number of hydrogen-bond acceptors (Lipinski definition) is 3. The highest BCUT2D eigenvalue weighted by Crippen LogP contribution is 2.29. The first-order valence-electron chi connectivity index (χ1n) is 4.60. The number of phenols is 2. The summed E-state index contributed by atoms with van der Waals surface area (Å²) in [7, 11) is 0. The van der Waals surface area contributed by atoms with Crippen LogP contribution in [0.25, 0.3) is 0 Å². The molecule has 0 atom stereocenters. The highest BCUT2D eigenvalue weighted by atomic mass is 16.3. The van der Waals surface area contributed by atoms with Crippen LogP contribution >= 0.6 is 0 Å². The van der Waals surface area contributed by atoms with Crippen LogP contribution in [0.1, 0.15) is 0 Å². The van der Waals surface area contributed by atoms with Crippen LogP contribution in [0.4, 0.5) is 11.4 Å². The van der Waals surface area contributed by atoms with Gasteiger partial charge in [-0.05, 0) is 24.3 Å². The maximum atomic E-state index is 9.52. The average Bonchev–Trinajstić information content (AvgIpc) is 2.25. The van der Waals surface area contributed by atoms with E-state index >= 15 is 0 Å². The minimum atomic E-state index is 0.108. The Morgan fingerprint density at radius 1 is 0.867 bits per heavy atom. The van der Waals surface area contributed by atoms with Crippen molar-refractivity contribution < 1.29 is 10.2 Å². The maximum Gasteiger partial charge on any atom is 0.139 e. The fraction of sp³-hybridized carbons (Fsp3) is 0. The second-order valence-corrected chi connectivity index (χ2v) is 3.19. The molecule has 0 amide bonds. The molecule has 0 aliphatic carbocycles. The van der Waals surface area contributed by atoms with E-state index in [-0.39, 0.29) is 11.5 Å². The highest BCUT2D eigenvalue weighted by molar-refractivity contribution is 5.67. The molecule has 76 valence electrons. The zero-order valence-electron chi connectivity index (χ0n) is 8.01. The van der Waals surface area contributed by atoms with Crippen molar-refractivity contribution in [2.45, 2.75) is 0 Å². The van der Waals surface area contributed by atoms with Gasteiger partial charge in [-0.25, -0.2) is 0 Å². The number of nitrogens with one attached hydrogen (secondary N) is 1. The van der Waals surface area contributed by atoms with E-state index in [2.05, 4.69) is 5.32 Å². The summed E-state index contributed by atoms with van der Waals surface area (Å²) in [6.45, 7) is 0. The van der Waals surface area contributed by atoms with E-state index in [4.69, 9.17) is 0 Å². The van der Waals surface area contributed by atoms with Crippen LogP contribution in [0.3, 0.4) is 0 Å². The number of phenolic OH excluding ortho intramolecular Hbond substituents is 2. The molecule has 0 saturated heterocycles. The molecular formula is C12H11NO2. The van der Waals surface area contributed by atoms with Gasteiger partial charge in [-0.3, -0.25) is 0 Å². The van der Waals surface area contributed by atoms with Gasteiger partial charge in [0.1, 0.15) is 11.5 Å². The van der Waals surface area contributed by atoms with Crippen molar-refractivity contribution in [3.8, 4) is 11.5 Å². The molecule has 0 saturated carbocycles. The van der Waals surface area contributed by atoms with Crippen LogP contribution < -0.4 is 5.32 Å². The molecule has 3 heteroatoms. The summed E-state index contributed by atoms with van der Waals surface area (Å²) < 4.78 is 0. The molecule has 0 aliphatic rings. The SMILES string of the molecule is Oc1ccc(O)c(Nc2ccccc2)c1. The smallest absolute Gasteiger partial charge is 0.139 e. The zero-order chi connectivity index (χ0) is 10.7. The van der Waals surface area contributed by atoms with Gasteiger partial charge < -0.3 is 15.5 Å². The van der Waals surface area contributed by atoms with Crippen LogP contribution in [0.15, 0.2) is 48.5 Å². The first-order valence-corrected chi connectivity index (χ1v) is 4.60. The van der Waals surface area contributed by atoms with Crippen molar-refractivity contribution in [2.24, 2.45) is 0 Å². The Bertz CT molecular complexity index is 454. The van der Waals surface area contributed by atoms with Gasteiger partial charge in [0.05, 0.1) is 5.69 Å². The molecule has 0 fully saturated rings. The summed E-state index contributed by atoms with van der Waals surface area (Å²) in [6, 6.07) is 13.8. The molecule has 0 unspecified atom stereocenters. The summed E-state index contributed by atoms with van der Waals surface area (Å²) in [5, 5.41) is 21.8. The lowest BCUT2D eigenvalue weighted by atomic mass is 10.2. The van der Waals surface area contributed by atoms with E-state index in [9.17, 15) is 10.2 Å². The molecule has 0 spiro atoms. The van der Waals surface area contributed by atoms with E-state index in [1.54, 1.807) is 0 Å². The van der Waals surface area contributed by atoms with Crippen molar-refractivity contribution in [1.29, 1.82) is 0 Å². The van der Waals surface area contributed by atoms with Crippen molar-refractivity contribution in [1.82, 2.24) is 0 Å². The van der Waals surface area contributed by atoms with E-state index < -0.39 is 0 Å². The van der Waals surface area contributed by atoms with Gasteiger partial charge in [0, 0.05) is 11.8 Å². The topological polar surface area (TPSA) is 52.5 Å². The van der Waals surface area contributed by atoms with Crippen molar-refractivity contribution in [3.05, 3.63) is 48.5 Å². The monoisotopic (exact) mass is 201 g/mol. The van der Waals surface area contributed by atoms with Crippen LogP contribution in [-0.4, -0.2) is 10.2 Å². The third-order valence-electron chi connectivity index (χ3n) is 2.03. The predicted molar refractivity (Wildman–Crippen MR) is 59.5 cm³/mol. The largest absolute Gasteiger partial charge is 0.508 e. The van der Waals surface area contributed by atoms with Gasteiger partial charge in [-0.1, -0.05) is 18.2 Å². The first-order chi connectivity index (χ1) is 7.25. The number of aromatic hydroxyl groups is 2. The van der Waals surface area contributed by atoms with Crippen LogP contribution in [0.2, 0.25) is 0 Å². The quantitative estimate of drug-likeness (QED) is 0.517. The highest BCUT2D eigenvalue weighted by Gasteiger charge is 2.01. The van der Waals surface area contributed by atoms with Gasteiger partial charge in [0.25, 0.3) is 0 Å². The Morgan fingerprint density at radius 3 is 2.33 bits per heavy atom. The molecule has 15 heavy (non-hydrogen) atoms. The molecule has 2 rings (SSSR count). The number of anilines is 2. The van der Waals surface area contributed by atoms with Gasteiger partial charge in [-0.2, -0.15) is 0 Å². The zero-order valence-corrected chi connectivity index (χ0v) is 8.01. The van der Waals surface area contributed by atoms with Crippen molar-refractivity contribution >= 4 is 11.4 Å². The van der Waals surface area contributed by atoms with Crippen LogP contribution in [-0.2, 0) is 0 Å². The minimum absolute atomic E-state index is 0.108. The molecule has 2 aromatic rings. The molecule has 0 aliphatic heterocycles. The fourth-order valence-electron chi connectivity index (χ4n) is 1.30. The third-order valence-corrected chi connectivity index (χ3v) is 2.03. The van der Waals surface area contributed by atoms with Crippen LogP contribution in [0, 0.1) is 0 Å². The molecular weight excluding hydrogens is 190 g/mol. The second kappa shape index (κ2) is 3.92. The summed E-state index contributed by atoms with van der Waals surface area (Å²) >= 11 is 0. The van der Waals surface area contributed by atoms with Crippen LogP contribution in [0.5, 0.6) is 11.5 Å². The summed E-state index contributed by atoms with van der Waals surface area (Å²) in [6.07, 6.45) is 0. The summed E-state index contributed by atoms with van der Waals surface area (Å²) in [5.74, 6) is 0.225. The molecule has 0 aromatic heterocycles. The summed E-state index contributed by atoms with van der Waals surface area (Å²) in [4.78, 5) is 0. The van der Waals surface area contributed by atoms with Crippen molar-refractivity contribution in [2.75, 3.05) is 5.32 Å². The van der Waals surface area contributed by atoms with E-state index in [0.29, 0.717) is 5.69 Å². The average molecular weight is 201 g/mol. The van der Waals surface area contributed by atoms with Gasteiger partial charge in [0.2, 0.25) is 0 Å². The standard InChI is InChI=1S/C12H11NO2/c14-10-6-7-12(15)11(8-10)13-9-4-2-1-3-5-9/h1-8,13-15H. The number of hydrogen-bond donors (Lipinski definition) is 3. The Kier molecular flexibility index (Phi) is 2.46. The molecule has 2 aromatic carbocycles. The normalized spacial score (nSPS) is 9.87. The second-order valence-electron chi connectivity index (χ2n) is 3.19. The fourth-order valence-corrected chi connectivity index (χ4v) is 1.30. The van der Waals surface area contributed by atoms with Gasteiger partial charge >= 0.3 is 0 Å². The number of para-hydroxylation sites is 1. The lowest BCUT2D eigenvalue weighted by Gasteiger charge is -2.08. The van der Waals surface area contributed by atoms with Gasteiger partial charge in [-0.15, -0.1) is 0 Å². The predicted octanol–water partition coefficient (Wildman–Crippen LogP) is 2.84. The molecule has 0 bridgehead atoms. The Morgan fingerprint density at radius 2 is 1.60 bits per heavy atom. The molecule has 3 nitrogen and oxygen atoms in total. The van der Waals surface area contributed by atoms with E-state index in [1.807, 2.05) is 30.3 Å². The minimum Gasteiger partial charge on any atom is -0.508 e. The maximum absolute atomic E-state index is 9.52. The summed E-state index contributed by atoms with van der Waals surface area (Å²) in [5.41, 5.74) is 1.35. The molecule has 0 radical (unpaired) electrons. The number of benzene rings is 2. The van der Waals surface area contributed by atoms with E-state index in [1.165, 1.54) is 18.2 Å². The third kappa shape index (κ3) is 2.20. The lowest BCUT2D eigenvalue weighted by Crippen LogP contribution is -1.89. The Balaban J connectivity index is 2.28. The Hall–Kier alpha value is -2.16. The first kappa shape index (κ1) is 9.40. The Labute approximate surface area is 87.6 Å². The lowest BCUT2D eigenvalue weighted by molar-refractivity contribution is 0.462. The molecule has 3 N–H and O–H groups in total. The molecule has 0 heterocycles. The van der Waals surface area contributed by atoms with E-state index in [0.717, 1.165) is 5.69 Å². The van der Waals surface area contributed by atoms with Gasteiger partial charge in [0.15, 0.2) is 0 Å².